The van der Waals surface area contributed by atoms with Crippen molar-refractivity contribution in [2.75, 3.05) is 0 Å². The molecule has 22 valence electrons. The zero-order valence-corrected chi connectivity index (χ0v) is 3.93. The minimum absolute atomic E-state index is 0. The second-order valence-corrected chi connectivity index (χ2v) is 0. The minimum atomic E-state index is 0. The maximum absolute atomic E-state index is 8.00. The summed E-state index contributed by atoms with van der Waals surface area (Å²) < 4.78 is 8.00. The SMILES string of the molecule is [O]=[Fe].[SrH2].[Ti]. The van der Waals surface area contributed by atoms with Gasteiger partial charge in [0.05, 0.1) is 0 Å². The van der Waals surface area contributed by atoms with Crippen LogP contribution in [0.25, 0.3) is 0 Å². The van der Waals surface area contributed by atoms with Crippen LogP contribution in [-0.2, 0) is 41.5 Å². The first kappa shape index (κ1) is 16.0. The molecule has 0 aromatic rings. The van der Waals surface area contributed by atoms with Crippen molar-refractivity contribution in [3.63, 3.8) is 0 Å². The summed E-state index contributed by atoms with van der Waals surface area (Å²) in [6.07, 6.45) is 0. The summed E-state index contributed by atoms with van der Waals surface area (Å²) in [5, 5.41) is 0. The second-order valence-electron chi connectivity index (χ2n) is 0. The molecule has 0 rings (SSSR count). The molecule has 0 atom stereocenters. The summed E-state index contributed by atoms with van der Waals surface area (Å²) in [5.74, 6) is 0. The first-order valence-electron chi connectivity index (χ1n) is 0.144. The molecule has 0 heterocycles. The Hall–Kier alpha value is 2.51. The summed E-state index contributed by atoms with van der Waals surface area (Å²) >= 11 is 2.00. The molecule has 0 fully saturated rings. The summed E-state index contributed by atoms with van der Waals surface area (Å²) in [5.41, 5.74) is 0. The van der Waals surface area contributed by atoms with Crippen LogP contribution in [-0.4, -0.2) is 45.5 Å². The zero-order chi connectivity index (χ0) is 2.00. The van der Waals surface area contributed by atoms with E-state index in [2.05, 4.69) is 0 Å². The molecular formula is H2FeOSrTi. The maximum Gasteiger partial charge on any atom is 0 e. The van der Waals surface area contributed by atoms with Crippen molar-refractivity contribution in [2.24, 2.45) is 0 Å². The molecule has 4 heteroatoms. The molecule has 0 aromatic heterocycles. The van der Waals surface area contributed by atoms with Crippen molar-refractivity contribution < 1.29 is 41.5 Å². The van der Waals surface area contributed by atoms with E-state index in [1.165, 1.54) is 0 Å². The fraction of sp³-hybridized carbons (Fsp3) is 0. The molecule has 0 unspecified atom stereocenters. The molecule has 0 aliphatic rings. The van der Waals surface area contributed by atoms with E-state index in [0.717, 1.165) is 0 Å². The molecule has 1 nitrogen and oxygen atoms in total. The number of hydrogen-bond acceptors (Lipinski definition) is 1. The van der Waals surface area contributed by atoms with E-state index in [-0.39, 0.29) is 67.2 Å². The van der Waals surface area contributed by atoms with Gasteiger partial charge in [0.25, 0.3) is 0 Å². The molecule has 0 N–H and O–H groups in total. The fourth-order valence-electron chi connectivity index (χ4n) is 0. The summed E-state index contributed by atoms with van der Waals surface area (Å²) in [4.78, 5) is 0. The predicted molar refractivity (Wildman–Crippen MR) is 9.23 cm³/mol. The average molecular weight is 209 g/mol. The Morgan fingerprint density at radius 3 is 1.25 bits per heavy atom. The van der Waals surface area contributed by atoms with Crippen LogP contribution in [0.5, 0.6) is 0 Å². The molecular weight excluding hydrogens is 207 g/mol. The Morgan fingerprint density at radius 1 is 1.25 bits per heavy atom. The monoisotopic (exact) mass is 210 g/mol. The molecule has 4 heavy (non-hydrogen) atoms. The largest absolute Gasteiger partial charge is 0 e. The summed E-state index contributed by atoms with van der Waals surface area (Å²) in [6, 6.07) is 0. The smallest absolute Gasteiger partial charge is 0 e. The van der Waals surface area contributed by atoms with Gasteiger partial charge in [-0.25, -0.2) is 0 Å². The minimum Gasteiger partial charge on any atom is 0 e. The Balaban J connectivity index is -0.00000000500. The van der Waals surface area contributed by atoms with Crippen molar-refractivity contribution in [1.82, 2.24) is 0 Å². The Kier molecular flexibility index (Phi) is 71.3. The van der Waals surface area contributed by atoms with Gasteiger partial charge in [-0.2, -0.15) is 0 Å². The first-order chi connectivity index (χ1) is 1.00. The molecule has 0 aliphatic carbocycles. The molecule has 0 radical (unpaired) electrons. The van der Waals surface area contributed by atoms with E-state index in [4.69, 9.17) is 3.83 Å². The van der Waals surface area contributed by atoms with Gasteiger partial charge >= 0.3 is 65.3 Å². The van der Waals surface area contributed by atoms with E-state index in [0.29, 0.717) is 0 Å². The standard InChI is InChI=1S/Fe.O.Sr.Ti.2H. The van der Waals surface area contributed by atoms with E-state index in [1.807, 2.05) is 15.9 Å². The molecule has 0 aliphatic heterocycles. The van der Waals surface area contributed by atoms with E-state index >= 15 is 0 Å². The molecule has 0 spiro atoms. The van der Waals surface area contributed by atoms with Gasteiger partial charge in [-0.1, -0.05) is 0 Å². The van der Waals surface area contributed by atoms with Crippen LogP contribution in [0.2, 0.25) is 0 Å². The van der Waals surface area contributed by atoms with Crippen LogP contribution >= 0.6 is 0 Å². The van der Waals surface area contributed by atoms with Crippen LogP contribution in [0.3, 0.4) is 0 Å². The van der Waals surface area contributed by atoms with Crippen LogP contribution in [0.1, 0.15) is 0 Å². The van der Waals surface area contributed by atoms with Crippen LogP contribution in [0.4, 0.5) is 0 Å². The molecule has 0 saturated carbocycles. The predicted octanol–water partition coefficient (Wildman–Crippen LogP) is -1.04. The number of hydrogen-bond donors (Lipinski definition) is 0. The Labute approximate surface area is 85.1 Å². The van der Waals surface area contributed by atoms with Gasteiger partial charge in [0.15, 0.2) is 0 Å². The number of rotatable bonds is 0. The summed E-state index contributed by atoms with van der Waals surface area (Å²) in [7, 11) is 0. The van der Waals surface area contributed by atoms with Crippen LogP contribution in [0, 0.1) is 0 Å². The van der Waals surface area contributed by atoms with Gasteiger partial charge in [0, 0.05) is 21.7 Å². The van der Waals surface area contributed by atoms with E-state index in [9.17, 15) is 0 Å². The second kappa shape index (κ2) is 17.8. The quantitative estimate of drug-likeness (QED) is 0.466. The van der Waals surface area contributed by atoms with Gasteiger partial charge < -0.3 is 0 Å². The van der Waals surface area contributed by atoms with Crippen LogP contribution < -0.4 is 0 Å². The first-order valence-corrected chi connectivity index (χ1v) is 0.595. The van der Waals surface area contributed by atoms with Gasteiger partial charge in [-0.3, -0.25) is 0 Å². The summed E-state index contributed by atoms with van der Waals surface area (Å²) in [6.45, 7) is 0. The van der Waals surface area contributed by atoms with Gasteiger partial charge in [-0.05, 0) is 0 Å². The zero-order valence-electron chi connectivity index (χ0n) is 1.26. The van der Waals surface area contributed by atoms with Gasteiger partial charge in [0.2, 0.25) is 0 Å². The molecule has 0 bridgehead atoms. The van der Waals surface area contributed by atoms with E-state index in [1.54, 1.807) is 0 Å². The van der Waals surface area contributed by atoms with Gasteiger partial charge in [0.1, 0.15) is 0 Å². The Bertz CT molecular complexity index is 8.00. The topological polar surface area (TPSA) is 17.1 Å². The third kappa shape index (κ3) is 8.82. The van der Waals surface area contributed by atoms with Crippen molar-refractivity contribution in [1.29, 1.82) is 0 Å². The average Bonchev–Trinajstić information content (AvgIpc) is 1.00. The molecule has 0 amide bonds. The fourth-order valence-corrected chi connectivity index (χ4v) is 0. The maximum atomic E-state index is 8.00. The van der Waals surface area contributed by atoms with Crippen molar-refractivity contribution >= 4 is 45.5 Å². The third-order valence-corrected chi connectivity index (χ3v) is 0. The van der Waals surface area contributed by atoms with Crippen molar-refractivity contribution in [2.45, 2.75) is 0 Å². The third-order valence-electron chi connectivity index (χ3n) is 0. The Morgan fingerprint density at radius 2 is 1.25 bits per heavy atom. The van der Waals surface area contributed by atoms with Crippen molar-refractivity contribution in [3.8, 4) is 0 Å². The van der Waals surface area contributed by atoms with Crippen LogP contribution in [0.15, 0.2) is 0 Å². The normalized spacial score (nSPS) is 1.25. The van der Waals surface area contributed by atoms with E-state index < -0.39 is 0 Å². The molecule has 0 aromatic carbocycles. The van der Waals surface area contributed by atoms with Crippen molar-refractivity contribution in [3.05, 3.63) is 0 Å². The molecule has 0 saturated heterocycles. The van der Waals surface area contributed by atoms with Gasteiger partial charge in [-0.15, -0.1) is 0 Å².